The molecule has 3 rings (SSSR count). The van der Waals surface area contributed by atoms with Crippen LogP contribution in [0.15, 0.2) is 61.2 Å². The second-order valence-electron chi connectivity index (χ2n) is 5.87. The topological polar surface area (TPSA) is 71.8 Å². The summed E-state index contributed by atoms with van der Waals surface area (Å²) in [5.74, 6) is 0. The Kier molecular flexibility index (Phi) is 5.41. The Morgan fingerprint density at radius 3 is 2.84 bits per heavy atom. The van der Waals surface area contributed by atoms with E-state index >= 15 is 0 Å². The quantitative estimate of drug-likeness (QED) is 0.727. The van der Waals surface area contributed by atoms with Crippen LogP contribution in [-0.2, 0) is 13.0 Å². The monoisotopic (exact) mass is 335 g/mol. The number of nitrogens with zero attached hydrogens (tertiary/aromatic N) is 3. The second-order valence-corrected chi connectivity index (χ2v) is 5.87. The number of aryl methyl sites for hydroxylation is 1. The molecular weight excluding hydrogens is 314 g/mol. The molecule has 1 heterocycles. The summed E-state index contributed by atoms with van der Waals surface area (Å²) in [4.78, 5) is 16.1. The zero-order valence-electron chi connectivity index (χ0n) is 14.1. The third-order valence-corrected chi connectivity index (χ3v) is 3.85. The summed E-state index contributed by atoms with van der Waals surface area (Å²) in [5, 5.41) is 9.91. The van der Waals surface area contributed by atoms with Crippen LogP contribution in [0, 0.1) is 6.92 Å². The zero-order chi connectivity index (χ0) is 17.5. The van der Waals surface area contributed by atoms with Crippen molar-refractivity contribution in [2.75, 3.05) is 11.9 Å². The Bertz CT molecular complexity index is 829. The van der Waals surface area contributed by atoms with Crippen LogP contribution in [0.1, 0.15) is 16.7 Å². The summed E-state index contributed by atoms with van der Waals surface area (Å²) in [6, 6.07) is 15.8. The molecule has 0 aliphatic rings. The number of aromatic nitrogens is 3. The molecule has 2 amide bonds. The largest absolute Gasteiger partial charge is 0.338 e. The highest BCUT2D eigenvalue weighted by atomic mass is 16.2. The predicted molar refractivity (Wildman–Crippen MR) is 97.5 cm³/mol. The number of para-hydroxylation sites is 1. The van der Waals surface area contributed by atoms with E-state index in [1.54, 1.807) is 11.0 Å². The molecule has 0 radical (unpaired) electrons. The van der Waals surface area contributed by atoms with Gasteiger partial charge in [0.05, 0.1) is 6.54 Å². The SMILES string of the molecule is Cc1cccc(CCNC(=O)Nc2ccccc2Cn2cncn2)c1. The van der Waals surface area contributed by atoms with Gasteiger partial charge >= 0.3 is 6.03 Å². The third-order valence-electron chi connectivity index (χ3n) is 3.85. The van der Waals surface area contributed by atoms with Gasteiger partial charge in [-0.1, -0.05) is 48.0 Å². The highest BCUT2D eigenvalue weighted by Gasteiger charge is 2.07. The van der Waals surface area contributed by atoms with Gasteiger partial charge in [-0.3, -0.25) is 0 Å². The Morgan fingerprint density at radius 2 is 2.04 bits per heavy atom. The van der Waals surface area contributed by atoms with Crippen molar-refractivity contribution in [3.63, 3.8) is 0 Å². The average Bonchev–Trinajstić information content (AvgIpc) is 3.10. The number of carbonyl (C=O) groups excluding carboxylic acids is 1. The predicted octanol–water partition coefficient (Wildman–Crippen LogP) is 3.00. The van der Waals surface area contributed by atoms with Crippen molar-refractivity contribution >= 4 is 11.7 Å². The molecule has 25 heavy (non-hydrogen) atoms. The molecule has 128 valence electrons. The molecule has 0 aliphatic heterocycles. The van der Waals surface area contributed by atoms with E-state index in [1.165, 1.54) is 17.5 Å². The number of hydrogen-bond donors (Lipinski definition) is 2. The van der Waals surface area contributed by atoms with E-state index < -0.39 is 0 Å². The van der Waals surface area contributed by atoms with Crippen LogP contribution >= 0.6 is 0 Å². The van der Waals surface area contributed by atoms with Gasteiger partial charge in [-0.05, 0) is 30.5 Å². The fourth-order valence-corrected chi connectivity index (χ4v) is 2.62. The number of carbonyl (C=O) groups is 1. The van der Waals surface area contributed by atoms with Gasteiger partial charge in [-0.2, -0.15) is 5.10 Å². The summed E-state index contributed by atoms with van der Waals surface area (Å²) >= 11 is 0. The molecule has 3 aromatic rings. The molecular formula is C19H21N5O. The maximum atomic E-state index is 12.2. The Labute approximate surface area is 146 Å². The molecule has 0 saturated carbocycles. The zero-order valence-corrected chi connectivity index (χ0v) is 14.1. The van der Waals surface area contributed by atoms with Crippen LogP contribution in [-0.4, -0.2) is 27.3 Å². The van der Waals surface area contributed by atoms with Crippen molar-refractivity contribution in [1.82, 2.24) is 20.1 Å². The van der Waals surface area contributed by atoms with Gasteiger partial charge in [-0.25, -0.2) is 14.5 Å². The number of anilines is 1. The number of amides is 2. The summed E-state index contributed by atoms with van der Waals surface area (Å²) in [6.45, 7) is 3.20. The maximum absolute atomic E-state index is 12.2. The van der Waals surface area contributed by atoms with E-state index in [1.807, 2.05) is 30.3 Å². The fourth-order valence-electron chi connectivity index (χ4n) is 2.62. The van der Waals surface area contributed by atoms with E-state index in [4.69, 9.17) is 0 Å². The highest BCUT2D eigenvalue weighted by Crippen LogP contribution is 2.15. The Balaban J connectivity index is 1.54. The molecule has 0 spiro atoms. The first kappa shape index (κ1) is 16.7. The molecule has 0 bridgehead atoms. The van der Waals surface area contributed by atoms with Crippen LogP contribution in [0.4, 0.5) is 10.5 Å². The highest BCUT2D eigenvalue weighted by molar-refractivity contribution is 5.90. The molecule has 0 saturated heterocycles. The van der Waals surface area contributed by atoms with Gasteiger partial charge in [0, 0.05) is 12.2 Å². The summed E-state index contributed by atoms with van der Waals surface area (Å²) in [6.07, 6.45) is 3.95. The van der Waals surface area contributed by atoms with Gasteiger partial charge in [0.1, 0.15) is 12.7 Å². The lowest BCUT2D eigenvalue weighted by Gasteiger charge is -2.12. The number of benzene rings is 2. The first-order valence-corrected chi connectivity index (χ1v) is 8.21. The Morgan fingerprint density at radius 1 is 1.16 bits per heavy atom. The normalized spacial score (nSPS) is 10.4. The number of urea groups is 1. The molecule has 6 heteroatoms. The molecule has 2 aromatic carbocycles. The van der Waals surface area contributed by atoms with Crippen LogP contribution in [0.2, 0.25) is 0 Å². The summed E-state index contributed by atoms with van der Waals surface area (Å²) in [7, 11) is 0. The van der Waals surface area contributed by atoms with E-state index in [0.717, 1.165) is 17.7 Å². The van der Waals surface area contributed by atoms with Crippen molar-refractivity contribution in [2.24, 2.45) is 0 Å². The van der Waals surface area contributed by atoms with Gasteiger partial charge in [-0.15, -0.1) is 0 Å². The molecule has 0 atom stereocenters. The van der Waals surface area contributed by atoms with Crippen LogP contribution in [0.3, 0.4) is 0 Å². The molecule has 1 aromatic heterocycles. The second kappa shape index (κ2) is 8.10. The van der Waals surface area contributed by atoms with Crippen LogP contribution < -0.4 is 10.6 Å². The van der Waals surface area contributed by atoms with Crippen LogP contribution in [0.25, 0.3) is 0 Å². The fraction of sp³-hybridized carbons (Fsp3) is 0.211. The van der Waals surface area contributed by atoms with Gasteiger partial charge in [0.15, 0.2) is 0 Å². The van der Waals surface area contributed by atoms with E-state index in [2.05, 4.69) is 45.8 Å². The number of rotatable bonds is 6. The minimum atomic E-state index is -0.210. The molecule has 0 unspecified atom stereocenters. The van der Waals surface area contributed by atoms with Crippen molar-refractivity contribution in [1.29, 1.82) is 0 Å². The lowest BCUT2D eigenvalue weighted by molar-refractivity contribution is 0.252. The molecule has 0 aliphatic carbocycles. The van der Waals surface area contributed by atoms with E-state index in [-0.39, 0.29) is 6.03 Å². The van der Waals surface area contributed by atoms with Gasteiger partial charge in [0.2, 0.25) is 0 Å². The smallest absolute Gasteiger partial charge is 0.319 e. The average molecular weight is 335 g/mol. The third kappa shape index (κ3) is 4.91. The van der Waals surface area contributed by atoms with Crippen molar-refractivity contribution < 1.29 is 4.79 Å². The van der Waals surface area contributed by atoms with Gasteiger partial charge < -0.3 is 10.6 Å². The van der Waals surface area contributed by atoms with Crippen molar-refractivity contribution in [2.45, 2.75) is 19.9 Å². The van der Waals surface area contributed by atoms with Gasteiger partial charge in [0.25, 0.3) is 0 Å². The minimum Gasteiger partial charge on any atom is -0.338 e. The Hall–Kier alpha value is -3.15. The first-order valence-electron chi connectivity index (χ1n) is 8.21. The number of hydrogen-bond acceptors (Lipinski definition) is 3. The maximum Gasteiger partial charge on any atom is 0.319 e. The molecule has 0 fully saturated rings. The molecule has 6 nitrogen and oxygen atoms in total. The van der Waals surface area contributed by atoms with E-state index in [0.29, 0.717) is 13.1 Å². The lowest BCUT2D eigenvalue weighted by atomic mass is 10.1. The first-order chi connectivity index (χ1) is 12.2. The van der Waals surface area contributed by atoms with Crippen LogP contribution in [0.5, 0.6) is 0 Å². The standard InChI is InChI=1S/C19H21N5O/c1-15-5-4-6-16(11-15)9-10-21-19(25)23-18-8-3-2-7-17(18)12-24-14-20-13-22-24/h2-8,11,13-14H,9-10,12H2,1H3,(H2,21,23,25). The molecule has 2 N–H and O–H groups in total. The lowest BCUT2D eigenvalue weighted by Crippen LogP contribution is -2.30. The number of nitrogens with one attached hydrogen (secondary N) is 2. The van der Waals surface area contributed by atoms with Crippen molar-refractivity contribution in [3.8, 4) is 0 Å². The van der Waals surface area contributed by atoms with Crippen molar-refractivity contribution in [3.05, 3.63) is 77.9 Å². The van der Waals surface area contributed by atoms with E-state index in [9.17, 15) is 4.79 Å². The summed E-state index contributed by atoms with van der Waals surface area (Å²) < 4.78 is 1.72. The minimum absolute atomic E-state index is 0.210. The summed E-state index contributed by atoms with van der Waals surface area (Å²) in [5.41, 5.74) is 4.18.